The lowest BCUT2D eigenvalue weighted by Gasteiger charge is -2.39. The number of halogens is 1. The molecule has 1 atom stereocenters. The number of nitrogens with zero attached hydrogens (tertiary/aromatic N) is 2. The van der Waals surface area contributed by atoms with Crippen LogP contribution in [0.3, 0.4) is 0 Å². The second kappa shape index (κ2) is 9.01. The molecule has 1 aromatic carbocycles. The van der Waals surface area contributed by atoms with E-state index in [1.165, 1.54) is 11.6 Å². The maximum atomic E-state index is 13.7. The molecule has 5 nitrogen and oxygen atoms in total. The fraction of sp³-hybridized carbons (Fsp3) is 0.478. The van der Waals surface area contributed by atoms with E-state index in [9.17, 15) is 9.18 Å². The molecule has 154 valence electrons. The topological polar surface area (TPSA) is 54.5 Å². The first-order chi connectivity index (χ1) is 14.1. The molecule has 0 bridgehead atoms. The molecule has 2 saturated heterocycles. The predicted octanol–water partition coefficient (Wildman–Crippen LogP) is 3.09. The first-order valence-corrected chi connectivity index (χ1v) is 10.4. The summed E-state index contributed by atoms with van der Waals surface area (Å²) in [6.45, 7) is 3.49. The van der Waals surface area contributed by atoms with Gasteiger partial charge in [-0.2, -0.15) is 0 Å². The average molecular weight is 397 g/mol. The van der Waals surface area contributed by atoms with Crippen LogP contribution < -0.4 is 5.32 Å². The summed E-state index contributed by atoms with van der Waals surface area (Å²) >= 11 is 0. The predicted molar refractivity (Wildman–Crippen MR) is 109 cm³/mol. The lowest BCUT2D eigenvalue weighted by atomic mass is 9.88. The van der Waals surface area contributed by atoms with Gasteiger partial charge in [0.25, 0.3) is 0 Å². The molecule has 3 heterocycles. The zero-order chi connectivity index (χ0) is 20.1. The Morgan fingerprint density at radius 2 is 1.93 bits per heavy atom. The minimum Gasteiger partial charge on any atom is -0.370 e. The van der Waals surface area contributed by atoms with Gasteiger partial charge < -0.3 is 10.1 Å². The van der Waals surface area contributed by atoms with E-state index in [-0.39, 0.29) is 29.9 Å². The Bertz CT molecular complexity index is 822. The van der Waals surface area contributed by atoms with Gasteiger partial charge in [-0.15, -0.1) is 0 Å². The van der Waals surface area contributed by atoms with Crippen LogP contribution >= 0.6 is 0 Å². The summed E-state index contributed by atoms with van der Waals surface area (Å²) in [5.41, 5.74) is 1.67. The molecule has 4 rings (SSSR count). The molecular weight excluding hydrogens is 369 g/mol. The standard InChI is InChI=1S/C23H28FN3O2/c24-21-4-2-1-3-19(21)15-22(28)26-16-20-5-8-23(29-20)9-13-27(14-10-23)17-18-6-11-25-12-7-18/h1-4,6-7,11-12,20H,5,8-10,13-17H2,(H,26,28). The van der Waals surface area contributed by atoms with E-state index in [0.717, 1.165) is 45.3 Å². The van der Waals surface area contributed by atoms with E-state index in [2.05, 4.69) is 27.3 Å². The summed E-state index contributed by atoms with van der Waals surface area (Å²) in [4.78, 5) is 18.7. The molecule has 2 aromatic rings. The summed E-state index contributed by atoms with van der Waals surface area (Å²) in [6.07, 6.45) is 7.85. The molecular formula is C23H28FN3O2. The Kier molecular flexibility index (Phi) is 6.21. The van der Waals surface area contributed by atoms with Crippen LogP contribution in [0.1, 0.15) is 36.8 Å². The minimum atomic E-state index is -0.336. The number of piperidine rings is 1. The second-order valence-corrected chi connectivity index (χ2v) is 8.17. The monoisotopic (exact) mass is 397 g/mol. The normalized spacial score (nSPS) is 21.3. The van der Waals surface area contributed by atoms with Crippen molar-refractivity contribution in [1.82, 2.24) is 15.2 Å². The Hall–Kier alpha value is -2.31. The van der Waals surface area contributed by atoms with Gasteiger partial charge in [0, 0.05) is 38.6 Å². The van der Waals surface area contributed by atoms with Crippen LogP contribution in [0.25, 0.3) is 0 Å². The van der Waals surface area contributed by atoms with Crippen LogP contribution in [0, 0.1) is 5.82 Å². The molecule has 1 N–H and O–H groups in total. The van der Waals surface area contributed by atoms with Crippen molar-refractivity contribution in [2.24, 2.45) is 0 Å². The van der Waals surface area contributed by atoms with Gasteiger partial charge in [-0.3, -0.25) is 14.7 Å². The van der Waals surface area contributed by atoms with E-state index >= 15 is 0 Å². The highest BCUT2D eigenvalue weighted by atomic mass is 19.1. The molecule has 2 aliphatic heterocycles. The number of likely N-dealkylation sites (tertiary alicyclic amines) is 1. The quantitative estimate of drug-likeness (QED) is 0.814. The maximum absolute atomic E-state index is 13.7. The highest BCUT2D eigenvalue weighted by Gasteiger charge is 2.42. The summed E-state index contributed by atoms with van der Waals surface area (Å²) in [5, 5.41) is 2.92. The zero-order valence-corrected chi connectivity index (χ0v) is 16.6. The third-order valence-electron chi connectivity index (χ3n) is 6.10. The first-order valence-electron chi connectivity index (χ1n) is 10.4. The number of hydrogen-bond donors (Lipinski definition) is 1. The van der Waals surface area contributed by atoms with Gasteiger partial charge in [-0.1, -0.05) is 18.2 Å². The largest absolute Gasteiger partial charge is 0.370 e. The summed E-state index contributed by atoms with van der Waals surface area (Å²) in [5.74, 6) is -0.496. The number of carbonyl (C=O) groups is 1. The van der Waals surface area contributed by atoms with Crippen LogP contribution in [0.15, 0.2) is 48.8 Å². The molecule has 29 heavy (non-hydrogen) atoms. The van der Waals surface area contributed by atoms with Gasteiger partial charge in [0.2, 0.25) is 5.91 Å². The lowest BCUT2D eigenvalue weighted by molar-refractivity contribution is -0.122. The number of benzene rings is 1. The molecule has 1 aromatic heterocycles. The van der Waals surface area contributed by atoms with E-state index in [1.54, 1.807) is 18.2 Å². The lowest BCUT2D eigenvalue weighted by Crippen LogP contribution is -2.45. The maximum Gasteiger partial charge on any atom is 0.224 e. The number of nitrogens with one attached hydrogen (secondary N) is 1. The minimum absolute atomic E-state index is 0.0460. The van der Waals surface area contributed by atoms with Crippen molar-refractivity contribution in [2.75, 3.05) is 19.6 Å². The number of ether oxygens (including phenoxy) is 1. The van der Waals surface area contributed by atoms with Gasteiger partial charge in [0.15, 0.2) is 0 Å². The van der Waals surface area contributed by atoms with Crippen molar-refractivity contribution in [3.63, 3.8) is 0 Å². The number of amides is 1. The molecule has 1 unspecified atom stereocenters. The Morgan fingerprint density at radius 3 is 2.69 bits per heavy atom. The smallest absolute Gasteiger partial charge is 0.224 e. The van der Waals surface area contributed by atoms with Gasteiger partial charge in [0.1, 0.15) is 5.82 Å². The Morgan fingerprint density at radius 1 is 1.17 bits per heavy atom. The van der Waals surface area contributed by atoms with Crippen molar-refractivity contribution in [1.29, 1.82) is 0 Å². The van der Waals surface area contributed by atoms with Gasteiger partial charge in [-0.05, 0) is 55.0 Å². The zero-order valence-electron chi connectivity index (χ0n) is 16.6. The third-order valence-corrected chi connectivity index (χ3v) is 6.10. The van der Waals surface area contributed by atoms with Crippen molar-refractivity contribution >= 4 is 5.91 Å². The SMILES string of the molecule is O=C(Cc1ccccc1F)NCC1CCC2(CCN(Cc3ccncc3)CC2)O1. The van der Waals surface area contributed by atoms with E-state index in [4.69, 9.17) is 4.74 Å². The van der Waals surface area contributed by atoms with Crippen molar-refractivity contribution < 1.29 is 13.9 Å². The molecule has 6 heteroatoms. The molecule has 0 radical (unpaired) electrons. The van der Waals surface area contributed by atoms with Crippen LogP contribution in [-0.4, -0.2) is 47.1 Å². The first kappa shape index (κ1) is 20.0. The highest BCUT2D eigenvalue weighted by Crippen LogP contribution is 2.39. The van der Waals surface area contributed by atoms with Crippen LogP contribution in [0.5, 0.6) is 0 Å². The number of pyridine rings is 1. The summed E-state index contributed by atoms with van der Waals surface area (Å²) in [6, 6.07) is 10.5. The van der Waals surface area contributed by atoms with Gasteiger partial charge in [0.05, 0.1) is 18.1 Å². The van der Waals surface area contributed by atoms with Crippen molar-refractivity contribution in [3.8, 4) is 0 Å². The van der Waals surface area contributed by atoms with Crippen LogP contribution in [-0.2, 0) is 22.5 Å². The Balaban J connectivity index is 1.20. The van der Waals surface area contributed by atoms with Crippen LogP contribution in [0.2, 0.25) is 0 Å². The second-order valence-electron chi connectivity index (χ2n) is 8.17. The molecule has 0 aliphatic carbocycles. The fourth-order valence-corrected chi connectivity index (χ4v) is 4.38. The van der Waals surface area contributed by atoms with Gasteiger partial charge in [-0.25, -0.2) is 4.39 Å². The molecule has 1 spiro atoms. The van der Waals surface area contributed by atoms with Crippen LogP contribution in [0.4, 0.5) is 4.39 Å². The molecule has 2 fully saturated rings. The van der Waals surface area contributed by atoms with Gasteiger partial charge >= 0.3 is 0 Å². The van der Waals surface area contributed by atoms with Crippen molar-refractivity contribution in [3.05, 3.63) is 65.7 Å². The molecule has 2 aliphatic rings. The number of aromatic nitrogens is 1. The number of carbonyl (C=O) groups excluding carboxylic acids is 1. The van der Waals surface area contributed by atoms with E-state index < -0.39 is 0 Å². The molecule has 1 amide bonds. The number of rotatable bonds is 6. The average Bonchev–Trinajstić information content (AvgIpc) is 3.14. The molecule has 0 saturated carbocycles. The number of hydrogen-bond acceptors (Lipinski definition) is 4. The highest BCUT2D eigenvalue weighted by molar-refractivity contribution is 5.78. The third kappa shape index (κ3) is 5.19. The summed E-state index contributed by atoms with van der Waals surface area (Å²) < 4.78 is 20.1. The summed E-state index contributed by atoms with van der Waals surface area (Å²) in [7, 11) is 0. The van der Waals surface area contributed by atoms with E-state index in [1.807, 2.05) is 12.4 Å². The van der Waals surface area contributed by atoms with E-state index in [0.29, 0.717) is 12.1 Å². The fourth-order valence-electron chi connectivity index (χ4n) is 4.38. The van der Waals surface area contributed by atoms with Crippen molar-refractivity contribution in [2.45, 2.75) is 50.4 Å². The Labute approximate surface area is 171 Å².